The normalized spacial score (nSPS) is 13.2. The van der Waals surface area contributed by atoms with Gasteiger partial charge in [-0.25, -0.2) is 0 Å². The quantitative estimate of drug-likeness (QED) is 0.896. The van der Waals surface area contributed by atoms with Gasteiger partial charge in [0.05, 0.1) is 5.56 Å². The molecule has 1 atom stereocenters. The van der Waals surface area contributed by atoms with Crippen LogP contribution in [0.1, 0.15) is 22.9 Å². The molecule has 1 aromatic heterocycles. The summed E-state index contributed by atoms with van der Waals surface area (Å²) < 4.78 is 44.7. The molecule has 21 heavy (non-hydrogen) atoms. The fourth-order valence-corrected chi connectivity index (χ4v) is 2.58. The van der Waals surface area contributed by atoms with Crippen LogP contribution >= 0.6 is 11.3 Å². The van der Waals surface area contributed by atoms with Crippen molar-refractivity contribution < 1.29 is 17.9 Å². The highest BCUT2D eigenvalue weighted by atomic mass is 32.1. The van der Waals surface area contributed by atoms with Gasteiger partial charge in [0, 0.05) is 10.9 Å². The van der Waals surface area contributed by atoms with E-state index in [1.54, 1.807) is 13.0 Å². The van der Waals surface area contributed by atoms with Gasteiger partial charge >= 0.3 is 6.18 Å². The van der Waals surface area contributed by atoms with Gasteiger partial charge in [-0.15, -0.1) is 11.3 Å². The number of halogens is 3. The molecule has 2 rings (SSSR count). The second-order valence-electron chi connectivity index (χ2n) is 4.88. The summed E-state index contributed by atoms with van der Waals surface area (Å²) in [6.45, 7) is 1.89. The van der Waals surface area contributed by atoms with Gasteiger partial charge in [0.25, 0.3) is 0 Å². The van der Waals surface area contributed by atoms with Crippen LogP contribution in [0.3, 0.4) is 0 Å². The summed E-state index contributed by atoms with van der Waals surface area (Å²) in [7, 11) is 0. The molecule has 0 radical (unpaired) electrons. The summed E-state index contributed by atoms with van der Waals surface area (Å²) in [6.07, 6.45) is -4.05. The van der Waals surface area contributed by atoms with Crippen LogP contribution in [0, 0.1) is 0 Å². The minimum Gasteiger partial charge on any atom is -0.487 e. The van der Waals surface area contributed by atoms with Gasteiger partial charge < -0.3 is 10.5 Å². The van der Waals surface area contributed by atoms with E-state index in [1.807, 2.05) is 17.5 Å². The van der Waals surface area contributed by atoms with Crippen LogP contribution in [0.2, 0.25) is 0 Å². The molecule has 1 aromatic carbocycles. The van der Waals surface area contributed by atoms with Crippen molar-refractivity contribution in [1.82, 2.24) is 0 Å². The van der Waals surface area contributed by atoms with Crippen molar-refractivity contribution in [3.05, 3.63) is 51.7 Å². The van der Waals surface area contributed by atoms with E-state index in [1.165, 1.54) is 17.4 Å². The first-order valence-electron chi connectivity index (χ1n) is 6.47. The topological polar surface area (TPSA) is 35.2 Å². The van der Waals surface area contributed by atoms with Crippen LogP contribution < -0.4 is 10.5 Å². The number of hydrogen-bond donors (Lipinski definition) is 1. The summed E-state index contributed by atoms with van der Waals surface area (Å²) in [5.74, 6) is -0.149. The number of hydrogen-bond acceptors (Lipinski definition) is 3. The monoisotopic (exact) mass is 315 g/mol. The zero-order valence-corrected chi connectivity index (χ0v) is 12.3. The third kappa shape index (κ3) is 4.47. The van der Waals surface area contributed by atoms with Gasteiger partial charge in [-0.2, -0.15) is 13.2 Å². The molecule has 0 saturated carbocycles. The molecule has 0 spiro atoms. The van der Waals surface area contributed by atoms with E-state index in [2.05, 4.69) is 0 Å². The molecule has 0 saturated heterocycles. The predicted octanol–water partition coefficient (Wildman–Crippen LogP) is 4.24. The van der Waals surface area contributed by atoms with Gasteiger partial charge in [-0.05, 0) is 42.5 Å². The lowest BCUT2D eigenvalue weighted by Crippen LogP contribution is -2.18. The fourth-order valence-electron chi connectivity index (χ4n) is 1.97. The van der Waals surface area contributed by atoms with Gasteiger partial charge in [0.2, 0.25) is 0 Å². The number of alkyl halides is 3. The Hall–Kier alpha value is -1.53. The minimum absolute atomic E-state index is 0.132. The van der Waals surface area contributed by atoms with Crippen molar-refractivity contribution in [2.24, 2.45) is 5.73 Å². The highest BCUT2D eigenvalue weighted by Crippen LogP contribution is 2.37. The molecule has 1 unspecified atom stereocenters. The molecule has 0 aliphatic carbocycles. The molecule has 0 fully saturated rings. The Kier molecular flexibility index (Phi) is 4.90. The average molecular weight is 315 g/mol. The second-order valence-corrected chi connectivity index (χ2v) is 5.91. The summed E-state index contributed by atoms with van der Waals surface area (Å²) in [4.78, 5) is 0.878. The van der Waals surface area contributed by atoms with E-state index in [0.29, 0.717) is 12.0 Å². The number of benzene rings is 1. The Balaban J connectivity index is 2.22. The standard InChI is InChI=1S/C15H16F3NOS/c1-10(19)7-11-4-5-14(13(8-11)15(16,17)18)20-9-12-3-2-6-21-12/h2-6,8,10H,7,9,19H2,1H3. The molecule has 0 bridgehead atoms. The maximum absolute atomic E-state index is 13.1. The van der Waals surface area contributed by atoms with E-state index in [4.69, 9.17) is 10.5 Å². The molecule has 1 heterocycles. The van der Waals surface area contributed by atoms with Crippen molar-refractivity contribution >= 4 is 11.3 Å². The molecule has 0 amide bonds. The van der Waals surface area contributed by atoms with Crippen LogP contribution in [-0.4, -0.2) is 6.04 Å². The molecule has 2 N–H and O–H groups in total. The lowest BCUT2D eigenvalue weighted by molar-refractivity contribution is -0.139. The maximum Gasteiger partial charge on any atom is 0.419 e. The number of rotatable bonds is 5. The smallest absolute Gasteiger partial charge is 0.419 e. The van der Waals surface area contributed by atoms with Crippen molar-refractivity contribution in [2.75, 3.05) is 0 Å². The molecule has 0 aliphatic rings. The van der Waals surface area contributed by atoms with Crippen LogP contribution in [0.5, 0.6) is 5.75 Å². The second kappa shape index (κ2) is 6.49. The van der Waals surface area contributed by atoms with Crippen molar-refractivity contribution in [3.63, 3.8) is 0 Å². The zero-order valence-electron chi connectivity index (χ0n) is 11.5. The first kappa shape index (κ1) is 15.9. The van der Waals surface area contributed by atoms with Gasteiger partial charge in [-0.1, -0.05) is 12.1 Å². The predicted molar refractivity (Wildman–Crippen MR) is 77.4 cm³/mol. The highest BCUT2D eigenvalue weighted by Gasteiger charge is 2.34. The Labute approximate surface area is 125 Å². The molecule has 6 heteroatoms. The largest absolute Gasteiger partial charge is 0.487 e. The SMILES string of the molecule is CC(N)Cc1ccc(OCc2cccs2)c(C(F)(F)F)c1. The first-order chi connectivity index (χ1) is 9.86. The highest BCUT2D eigenvalue weighted by molar-refractivity contribution is 7.09. The molecule has 114 valence electrons. The van der Waals surface area contributed by atoms with Crippen LogP contribution in [-0.2, 0) is 19.2 Å². The maximum atomic E-state index is 13.1. The van der Waals surface area contributed by atoms with E-state index in [-0.39, 0.29) is 18.4 Å². The van der Waals surface area contributed by atoms with E-state index in [9.17, 15) is 13.2 Å². The van der Waals surface area contributed by atoms with Crippen LogP contribution in [0.4, 0.5) is 13.2 Å². The van der Waals surface area contributed by atoms with E-state index < -0.39 is 11.7 Å². The third-order valence-corrected chi connectivity index (χ3v) is 3.71. The van der Waals surface area contributed by atoms with Gasteiger partial charge in [0.15, 0.2) is 0 Å². The summed E-state index contributed by atoms with van der Waals surface area (Å²) in [5, 5.41) is 1.86. The van der Waals surface area contributed by atoms with E-state index >= 15 is 0 Å². The Morgan fingerprint density at radius 3 is 2.62 bits per heavy atom. The zero-order chi connectivity index (χ0) is 15.5. The molecule has 0 aliphatic heterocycles. The van der Waals surface area contributed by atoms with Gasteiger partial charge in [-0.3, -0.25) is 0 Å². The average Bonchev–Trinajstić information content (AvgIpc) is 2.88. The third-order valence-electron chi connectivity index (χ3n) is 2.86. The van der Waals surface area contributed by atoms with Crippen molar-refractivity contribution in [3.8, 4) is 5.75 Å². The number of ether oxygens (including phenoxy) is 1. The Morgan fingerprint density at radius 2 is 2.05 bits per heavy atom. The lowest BCUT2D eigenvalue weighted by Gasteiger charge is -2.15. The molecule has 2 aromatic rings. The fraction of sp³-hybridized carbons (Fsp3) is 0.333. The first-order valence-corrected chi connectivity index (χ1v) is 7.35. The van der Waals surface area contributed by atoms with Crippen molar-refractivity contribution in [2.45, 2.75) is 32.2 Å². The Morgan fingerprint density at radius 1 is 1.29 bits per heavy atom. The summed E-state index contributed by atoms with van der Waals surface area (Å²) >= 11 is 1.44. The van der Waals surface area contributed by atoms with Crippen LogP contribution in [0.15, 0.2) is 35.7 Å². The van der Waals surface area contributed by atoms with Crippen molar-refractivity contribution in [1.29, 1.82) is 0 Å². The minimum atomic E-state index is -4.45. The van der Waals surface area contributed by atoms with E-state index in [0.717, 1.165) is 10.9 Å². The molecular weight excluding hydrogens is 299 g/mol. The molecule has 2 nitrogen and oxygen atoms in total. The van der Waals surface area contributed by atoms with Gasteiger partial charge in [0.1, 0.15) is 12.4 Å². The number of thiophene rings is 1. The Bertz CT molecular complexity index is 579. The lowest BCUT2D eigenvalue weighted by atomic mass is 10.0. The van der Waals surface area contributed by atoms with Crippen LogP contribution in [0.25, 0.3) is 0 Å². The summed E-state index contributed by atoms with van der Waals surface area (Å²) in [5.41, 5.74) is 5.44. The summed E-state index contributed by atoms with van der Waals surface area (Å²) in [6, 6.07) is 7.58. The number of nitrogens with two attached hydrogens (primary N) is 1. The molecular formula is C15H16F3NOS.